The highest BCUT2D eigenvalue weighted by molar-refractivity contribution is 6.31. The molecule has 0 aromatic heterocycles. The van der Waals surface area contributed by atoms with Crippen molar-refractivity contribution in [1.82, 2.24) is 0 Å². The Morgan fingerprint density at radius 3 is 2.36 bits per heavy atom. The SMILES string of the molecule is COC1OC(c2ccc(Cl)c(Cc3ccc(C(C)=N)cc3)c2)C(O)C(O)C1O. The Morgan fingerprint density at radius 1 is 1.07 bits per heavy atom. The molecule has 0 bridgehead atoms. The molecular formula is C21H24ClNO5. The second-order valence-corrected chi connectivity index (χ2v) is 7.39. The van der Waals surface area contributed by atoms with E-state index in [0.29, 0.717) is 22.7 Å². The molecule has 150 valence electrons. The molecule has 2 aromatic rings. The van der Waals surface area contributed by atoms with Gasteiger partial charge in [0.25, 0.3) is 0 Å². The van der Waals surface area contributed by atoms with Crippen LogP contribution in [0.2, 0.25) is 5.02 Å². The van der Waals surface area contributed by atoms with E-state index in [1.165, 1.54) is 7.11 Å². The molecule has 3 rings (SSSR count). The highest BCUT2D eigenvalue weighted by Gasteiger charge is 2.44. The van der Waals surface area contributed by atoms with E-state index in [1.54, 1.807) is 19.1 Å². The summed E-state index contributed by atoms with van der Waals surface area (Å²) in [6, 6.07) is 12.9. The molecule has 6 nitrogen and oxygen atoms in total. The number of halogens is 1. The molecule has 0 amide bonds. The first kappa shape index (κ1) is 20.9. The second-order valence-electron chi connectivity index (χ2n) is 6.98. The van der Waals surface area contributed by atoms with Crippen molar-refractivity contribution in [3.8, 4) is 0 Å². The third kappa shape index (κ3) is 4.27. The molecule has 0 saturated carbocycles. The van der Waals surface area contributed by atoms with Crippen molar-refractivity contribution in [2.75, 3.05) is 7.11 Å². The Kier molecular flexibility index (Phi) is 6.50. The number of aliphatic hydroxyl groups is 3. The van der Waals surface area contributed by atoms with Crippen molar-refractivity contribution in [3.63, 3.8) is 0 Å². The van der Waals surface area contributed by atoms with Gasteiger partial charge in [0.1, 0.15) is 24.4 Å². The van der Waals surface area contributed by atoms with E-state index in [4.69, 9.17) is 26.5 Å². The molecule has 0 radical (unpaired) electrons. The van der Waals surface area contributed by atoms with Gasteiger partial charge in [-0.05, 0) is 41.7 Å². The van der Waals surface area contributed by atoms with E-state index < -0.39 is 30.7 Å². The first-order valence-electron chi connectivity index (χ1n) is 8.97. The van der Waals surface area contributed by atoms with Gasteiger partial charge < -0.3 is 30.2 Å². The maximum Gasteiger partial charge on any atom is 0.186 e. The minimum Gasteiger partial charge on any atom is -0.387 e. The number of ether oxygens (including phenoxy) is 2. The van der Waals surface area contributed by atoms with Gasteiger partial charge in [-0.1, -0.05) is 48.0 Å². The quantitative estimate of drug-likeness (QED) is 0.572. The Morgan fingerprint density at radius 2 is 1.75 bits per heavy atom. The van der Waals surface area contributed by atoms with Gasteiger partial charge in [-0.3, -0.25) is 0 Å². The third-order valence-corrected chi connectivity index (χ3v) is 5.35. The summed E-state index contributed by atoms with van der Waals surface area (Å²) >= 11 is 6.36. The maximum atomic E-state index is 10.4. The second kappa shape index (κ2) is 8.69. The van der Waals surface area contributed by atoms with Crippen LogP contribution < -0.4 is 0 Å². The highest BCUT2D eigenvalue weighted by atomic mass is 35.5. The summed E-state index contributed by atoms with van der Waals surface area (Å²) in [4.78, 5) is 0. The average Bonchev–Trinajstić information content (AvgIpc) is 2.69. The van der Waals surface area contributed by atoms with Gasteiger partial charge in [-0.15, -0.1) is 0 Å². The number of hydrogen-bond acceptors (Lipinski definition) is 6. The van der Waals surface area contributed by atoms with E-state index in [-0.39, 0.29) is 0 Å². The molecule has 0 aliphatic carbocycles. The summed E-state index contributed by atoms with van der Waals surface area (Å²) < 4.78 is 10.7. The van der Waals surface area contributed by atoms with Crippen LogP contribution in [0.4, 0.5) is 0 Å². The molecule has 5 unspecified atom stereocenters. The van der Waals surface area contributed by atoms with Crippen LogP contribution in [0.3, 0.4) is 0 Å². The van der Waals surface area contributed by atoms with E-state index in [0.717, 1.165) is 16.7 Å². The van der Waals surface area contributed by atoms with Crippen molar-refractivity contribution >= 4 is 17.3 Å². The molecule has 7 heteroatoms. The Labute approximate surface area is 168 Å². The van der Waals surface area contributed by atoms with Crippen LogP contribution in [-0.4, -0.2) is 52.7 Å². The van der Waals surface area contributed by atoms with E-state index in [1.807, 2.05) is 30.3 Å². The lowest BCUT2D eigenvalue weighted by Crippen LogP contribution is -2.54. The number of hydrogen-bond donors (Lipinski definition) is 4. The Bertz CT molecular complexity index is 839. The van der Waals surface area contributed by atoms with Crippen LogP contribution >= 0.6 is 11.6 Å². The molecular weight excluding hydrogens is 382 g/mol. The molecule has 1 aliphatic rings. The normalized spacial score (nSPS) is 27.6. The number of rotatable bonds is 5. The fourth-order valence-electron chi connectivity index (χ4n) is 3.32. The van der Waals surface area contributed by atoms with Gasteiger partial charge in [0.05, 0.1) is 0 Å². The minimum absolute atomic E-state index is 0.503. The zero-order valence-electron chi connectivity index (χ0n) is 15.7. The van der Waals surface area contributed by atoms with Gasteiger partial charge in [0.15, 0.2) is 6.29 Å². The van der Waals surface area contributed by atoms with Crippen molar-refractivity contribution in [1.29, 1.82) is 5.41 Å². The van der Waals surface area contributed by atoms with Gasteiger partial charge in [-0.25, -0.2) is 0 Å². The molecule has 1 heterocycles. The zero-order valence-corrected chi connectivity index (χ0v) is 16.4. The van der Waals surface area contributed by atoms with Gasteiger partial charge in [0.2, 0.25) is 0 Å². The van der Waals surface area contributed by atoms with Gasteiger partial charge in [-0.2, -0.15) is 0 Å². The molecule has 1 saturated heterocycles. The topological polar surface area (TPSA) is 103 Å². The fourth-order valence-corrected chi connectivity index (χ4v) is 3.50. The summed E-state index contributed by atoms with van der Waals surface area (Å²) in [6.45, 7) is 1.74. The van der Waals surface area contributed by atoms with Crippen molar-refractivity contribution in [2.24, 2.45) is 0 Å². The number of benzene rings is 2. The van der Waals surface area contributed by atoms with Crippen LogP contribution in [0.1, 0.15) is 35.3 Å². The van der Waals surface area contributed by atoms with Gasteiger partial charge in [0, 0.05) is 17.8 Å². The summed E-state index contributed by atoms with van der Waals surface area (Å²) in [5, 5.41) is 38.7. The van der Waals surface area contributed by atoms with Crippen LogP contribution in [0.15, 0.2) is 42.5 Å². The average molecular weight is 406 g/mol. The first-order valence-corrected chi connectivity index (χ1v) is 9.35. The molecule has 4 N–H and O–H groups in total. The van der Waals surface area contributed by atoms with Crippen LogP contribution in [0.25, 0.3) is 0 Å². The van der Waals surface area contributed by atoms with Crippen molar-refractivity contribution in [2.45, 2.75) is 44.1 Å². The third-order valence-electron chi connectivity index (χ3n) is 4.98. The van der Waals surface area contributed by atoms with Gasteiger partial charge >= 0.3 is 0 Å². The highest BCUT2D eigenvalue weighted by Crippen LogP contribution is 2.34. The fraction of sp³-hybridized carbons (Fsp3) is 0.381. The number of methoxy groups -OCH3 is 1. The lowest BCUT2D eigenvalue weighted by Gasteiger charge is -2.40. The zero-order chi connectivity index (χ0) is 20.4. The molecule has 0 spiro atoms. The van der Waals surface area contributed by atoms with E-state index in [2.05, 4.69) is 0 Å². The van der Waals surface area contributed by atoms with E-state index >= 15 is 0 Å². The van der Waals surface area contributed by atoms with Crippen molar-refractivity contribution < 1.29 is 24.8 Å². The largest absolute Gasteiger partial charge is 0.387 e. The minimum atomic E-state index is -1.39. The predicted molar refractivity (Wildman–Crippen MR) is 106 cm³/mol. The summed E-state index contributed by atoms with van der Waals surface area (Å²) in [6.07, 6.45) is -5.36. The standard InChI is InChI=1S/C21H24ClNO5/c1-11(23)13-5-3-12(4-6-13)9-15-10-14(7-8-16(15)22)20-18(25)17(24)19(26)21(27-2)28-20/h3-8,10,17-21,23-26H,9H2,1-2H3. The summed E-state index contributed by atoms with van der Waals surface area (Å²) in [5.41, 5.74) is 3.86. The smallest absolute Gasteiger partial charge is 0.186 e. The number of nitrogens with one attached hydrogen (secondary N) is 1. The Balaban J connectivity index is 1.85. The molecule has 28 heavy (non-hydrogen) atoms. The van der Waals surface area contributed by atoms with Crippen molar-refractivity contribution in [3.05, 3.63) is 69.7 Å². The van der Waals surface area contributed by atoms with E-state index in [9.17, 15) is 15.3 Å². The van der Waals surface area contributed by atoms with Crippen LogP contribution in [0.5, 0.6) is 0 Å². The first-order chi connectivity index (χ1) is 13.3. The lowest BCUT2D eigenvalue weighted by atomic mass is 9.92. The molecule has 1 fully saturated rings. The molecule has 1 aliphatic heterocycles. The monoisotopic (exact) mass is 405 g/mol. The molecule has 5 atom stereocenters. The molecule has 2 aromatic carbocycles. The predicted octanol–water partition coefficient (Wildman–Crippen LogP) is 2.45. The maximum absolute atomic E-state index is 10.4. The Hall–Kier alpha value is -1.80. The van der Waals surface area contributed by atoms with Crippen LogP contribution in [-0.2, 0) is 15.9 Å². The lowest BCUT2D eigenvalue weighted by molar-refractivity contribution is -0.292. The summed E-state index contributed by atoms with van der Waals surface area (Å²) in [5.74, 6) is 0. The van der Waals surface area contributed by atoms with Crippen LogP contribution in [0, 0.1) is 5.41 Å². The number of aliphatic hydroxyl groups excluding tert-OH is 3. The summed E-state index contributed by atoms with van der Waals surface area (Å²) in [7, 11) is 1.36.